The number of nitrogens with one attached hydrogen (secondary N) is 1. The largest absolute Gasteiger partial charge is 0.481 e. The molecule has 0 saturated heterocycles. The van der Waals surface area contributed by atoms with Crippen molar-refractivity contribution in [2.75, 3.05) is 13.7 Å². The smallest absolute Gasteiger partial charge is 0.292 e. The first-order valence-electron chi connectivity index (χ1n) is 9.96. The van der Waals surface area contributed by atoms with Crippen molar-refractivity contribution in [3.63, 3.8) is 0 Å². The van der Waals surface area contributed by atoms with Crippen LogP contribution in [0.5, 0.6) is 5.88 Å². The Morgan fingerprint density at radius 3 is 2.76 bits per heavy atom. The normalized spacial score (nSPS) is 12.9. The van der Waals surface area contributed by atoms with E-state index < -0.39 is 23.0 Å². The van der Waals surface area contributed by atoms with Gasteiger partial charge < -0.3 is 10.1 Å². The number of hydrogen-bond donors (Lipinski definition) is 1. The van der Waals surface area contributed by atoms with Gasteiger partial charge in [-0.05, 0) is 36.4 Å². The number of rotatable bonds is 7. The average molecular weight is 489 g/mol. The average Bonchev–Trinajstić information content (AvgIpc) is 3.44. The molecule has 0 bridgehead atoms. The molecule has 4 rings (SSSR count). The number of carbonyl (C=O) groups excluding carboxylic acids is 1. The Hall–Kier alpha value is -3.93. The molecule has 1 N–H and O–H groups in total. The first-order chi connectivity index (χ1) is 16.2. The highest BCUT2D eigenvalue weighted by atomic mass is 35.5. The van der Waals surface area contributed by atoms with Gasteiger partial charge in [0.25, 0.3) is 11.7 Å². The van der Waals surface area contributed by atoms with E-state index >= 15 is 0 Å². The fourth-order valence-electron chi connectivity index (χ4n) is 3.47. The lowest BCUT2D eigenvalue weighted by Crippen LogP contribution is -2.40. The van der Waals surface area contributed by atoms with Gasteiger partial charge in [0.15, 0.2) is 5.82 Å². The van der Waals surface area contributed by atoms with Crippen LogP contribution in [0.4, 0.5) is 8.78 Å². The van der Waals surface area contributed by atoms with Gasteiger partial charge in [0.2, 0.25) is 5.88 Å². The Labute approximate surface area is 197 Å². The Balaban J connectivity index is 1.62. The zero-order valence-electron chi connectivity index (χ0n) is 18.3. The molecule has 1 amide bonds. The second kappa shape index (κ2) is 9.14. The molecule has 1 atom stereocenters. The van der Waals surface area contributed by atoms with Gasteiger partial charge in [-0.1, -0.05) is 17.7 Å². The monoisotopic (exact) mass is 488 g/mol. The molecular weight excluding hydrogens is 470 g/mol. The van der Waals surface area contributed by atoms with E-state index in [0.29, 0.717) is 23.2 Å². The maximum absolute atomic E-state index is 14.0. The van der Waals surface area contributed by atoms with E-state index in [2.05, 4.69) is 30.8 Å². The Morgan fingerprint density at radius 2 is 2.06 bits per heavy atom. The third kappa shape index (κ3) is 4.31. The summed E-state index contributed by atoms with van der Waals surface area (Å²) in [5, 5.41) is 18.6. The van der Waals surface area contributed by atoms with Crippen LogP contribution in [0, 0.1) is 11.6 Å². The molecule has 34 heavy (non-hydrogen) atoms. The number of hydrogen-bond acceptors (Lipinski definition) is 7. The van der Waals surface area contributed by atoms with Crippen LogP contribution in [0.1, 0.15) is 28.8 Å². The van der Waals surface area contributed by atoms with Crippen LogP contribution in [0.3, 0.4) is 0 Å². The molecule has 0 fully saturated rings. The zero-order chi connectivity index (χ0) is 24.5. The van der Waals surface area contributed by atoms with Gasteiger partial charge in [-0.15, -0.1) is 15.0 Å². The van der Waals surface area contributed by atoms with Crippen LogP contribution in [-0.2, 0) is 12.5 Å². The summed E-state index contributed by atoms with van der Waals surface area (Å²) < 4.78 is 34.3. The number of amides is 1. The number of methoxy groups -OCH3 is 1. The van der Waals surface area contributed by atoms with Crippen LogP contribution < -0.4 is 10.1 Å². The topological polar surface area (TPSA) is 113 Å². The number of aryl methyl sites for hydroxylation is 1. The Morgan fingerprint density at radius 1 is 1.26 bits per heavy atom. The van der Waals surface area contributed by atoms with Gasteiger partial charge in [-0.3, -0.25) is 4.79 Å². The van der Waals surface area contributed by atoms with Crippen LogP contribution in [0.15, 0.2) is 42.6 Å². The molecule has 1 aromatic carbocycles. The van der Waals surface area contributed by atoms with Gasteiger partial charge >= 0.3 is 0 Å². The van der Waals surface area contributed by atoms with Crippen molar-refractivity contribution in [2.24, 2.45) is 7.05 Å². The van der Waals surface area contributed by atoms with Gasteiger partial charge in [-0.25, -0.2) is 18.4 Å². The number of tetrazole rings is 1. The maximum Gasteiger partial charge on any atom is 0.292 e. The van der Waals surface area contributed by atoms with E-state index in [9.17, 15) is 13.6 Å². The van der Waals surface area contributed by atoms with Crippen molar-refractivity contribution in [1.29, 1.82) is 0 Å². The molecule has 13 heteroatoms. The van der Waals surface area contributed by atoms with E-state index in [1.165, 1.54) is 7.11 Å². The molecule has 3 aromatic heterocycles. The molecule has 1 unspecified atom stereocenters. The quantitative estimate of drug-likeness (QED) is 0.397. The third-order valence-corrected chi connectivity index (χ3v) is 5.51. The molecule has 0 saturated carbocycles. The van der Waals surface area contributed by atoms with Gasteiger partial charge in [0.05, 0.1) is 24.4 Å². The van der Waals surface area contributed by atoms with E-state index in [-0.39, 0.29) is 23.2 Å². The highest BCUT2D eigenvalue weighted by molar-refractivity contribution is 6.29. The van der Waals surface area contributed by atoms with Crippen molar-refractivity contribution in [3.05, 3.63) is 76.5 Å². The molecule has 10 nitrogen and oxygen atoms in total. The van der Waals surface area contributed by atoms with Crippen molar-refractivity contribution >= 4 is 17.5 Å². The summed E-state index contributed by atoms with van der Waals surface area (Å²) >= 11 is 6.12. The Bertz CT molecular complexity index is 1360. The van der Waals surface area contributed by atoms with Crippen molar-refractivity contribution in [2.45, 2.75) is 12.3 Å². The standard InChI is InChI=1S/C21H19ClF2N8O2/c1-21(16-5-4-6-17(22)27-16,13-10-26-31(2)20(13)34-3)11-25-19(33)18-28-30-32(29-18)15-8-7-12(23)9-14(15)24/h4-10H,11H2,1-3H3,(H,25,33). The van der Waals surface area contributed by atoms with Crippen LogP contribution in [0.25, 0.3) is 5.69 Å². The minimum absolute atomic E-state index is 0.0423. The fraction of sp³-hybridized carbons (Fsp3) is 0.238. The highest BCUT2D eigenvalue weighted by Crippen LogP contribution is 2.36. The van der Waals surface area contributed by atoms with Gasteiger partial charge in [-0.2, -0.15) is 5.10 Å². The van der Waals surface area contributed by atoms with Crippen LogP contribution in [0.2, 0.25) is 5.15 Å². The number of benzene rings is 1. The number of nitrogens with zero attached hydrogens (tertiary/aromatic N) is 7. The summed E-state index contributed by atoms with van der Waals surface area (Å²) in [6, 6.07) is 8.04. The van der Waals surface area contributed by atoms with E-state index in [1.807, 2.05) is 6.92 Å². The minimum atomic E-state index is -0.904. The summed E-state index contributed by atoms with van der Waals surface area (Å²) in [6.45, 7) is 1.89. The second-order valence-corrected chi connectivity index (χ2v) is 7.94. The number of halogens is 3. The number of aromatic nitrogens is 7. The fourth-order valence-corrected chi connectivity index (χ4v) is 3.64. The lowest BCUT2D eigenvalue weighted by molar-refractivity contribution is 0.0936. The van der Waals surface area contributed by atoms with E-state index in [4.69, 9.17) is 16.3 Å². The lowest BCUT2D eigenvalue weighted by atomic mass is 9.80. The van der Waals surface area contributed by atoms with E-state index in [1.54, 1.807) is 36.1 Å². The second-order valence-electron chi connectivity index (χ2n) is 7.55. The molecule has 3 heterocycles. The molecular formula is C21H19ClF2N8O2. The van der Waals surface area contributed by atoms with Gasteiger partial charge in [0.1, 0.15) is 16.7 Å². The minimum Gasteiger partial charge on any atom is -0.481 e. The molecule has 0 aliphatic heterocycles. The first kappa shape index (κ1) is 23.2. The predicted molar refractivity (Wildman–Crippen MR) is 117 cm³/mol. The van der Waals surface area contributed by atoms with Crippen LogP contribution in [-0.4, -0.2) is 54.5 Å². The summed E-state index contributed by atoms with van der Waals surface area (Å²) in [5.74, 6) is -2.13. The molecule has 4 aromatic rings. The number of ether oxygens (including phenoxy) is 1. The predicted octanol–water partition coefficient (Wildman–Crippen LogP) is 2.47. The summed E-state index contributed by atoms with van der Waals surface area (Å²) in [7, 11) is 3.24. The SMILES string of the molecule is COc1c(C(C)(CNC(=O)c2nnn(-c3ccc(F)cc3F)n2)c2cccc(Cl)n2)cnn1C. The third-order valence-electron chi connectivity index (χ3n) is 5.30. The van der Waals surface area contributed by atoms with Crippen LogP contribution >= 0.6 is 11.6 Å². The number of carbonyl (C=O) groups is 1. The molecule has 0 spiro atoms. The number of pyridine rings is 1. The maximum atomic E-state index is 14.0. The van der Waals surface area contributed by atoms with Gasteiger partial charge in [0, 0.05) is 25.2 Å². The van der Waals surface area contributed by atoms with E-state index in [0.717, 1.165) is 16.9 Å². The molecule has 0 aliphatic carbocycles. The Kier molecular flexibility index (Phi) is 6.24. The summed E-state index contributed by atoms with van der Waals surface area (Å²) in [5.41, 5.74) is 0.175. The highest BCUT2D eigenvalue weighted by Gasteiger charge is 2.36. The lowest BCUT2D eigenvalue weighted by Gasteiger charge is -2.29. The first-order valence-corrected chi connectivity index (χ1v) is 10.3. The summed E-state index contributed by atoms with van der Waals surface area (Å²) in [4.78, 5) is 18.1. The molecule has 0 aliphatic rings. The molecule has 176 valence electrons. The zero-order valence-corrected chi connectivity index (χ0v) is 19.1. The van der Waals surface area contributed by atoms with Crippen molar-refractivity contribution in [3.8, 4) is 11.6 Å². The summed E-state index contributed by atoms with van der Waals surface area (Å²) in [6.07, 6.45) is 1.62. The van der Waals surface area contributed by atoms with Crippen molar-refractivity contribution in [1.82, 2.24) is 40.3 Å². The molecule has 0 radical (unpaired) electrons. The van der Waals surface area contributed by atoms with Crippen molar-refractivity contribution < 1.29 is 18.3 Å².